The molecule has 0 radical (unpaired) electrons. The summed E-state index contributed by atoms with van der Waals surface area (Å²) in [7, 11) is 0. The Morgan fingerprint density at radius 3 is 2.78 bits per heavy atom. The Bertz CT molecular complexity index is 606. The van der Waals surface area contributed by atoms with Crippen molar-refractivity contribution in [2.45, 2.75) is 52.0 Å². The summed E-state index contributed by atoms with van der Waals surface area (Å²) in [5.41, 5.74) is 0.449. The molecule has 1 unspecified atom stereocenters. The molecule has 0 saturated carbocycles. The SMILES string of the molecule is CCCCN1CCCCC1CNC(=O)CNC(=O)c1ccccc1OCC. The van der Waals surface area contributed by atoms with E-state index in [0.29, 0.717) is 30.5 Å². The lowest BCUT2D eigenvalue weighted by Gasteiger charge is -2.35. The van der Waals surface area contributed by atoms with Crippen molar-refractivity contribution in [1.29, 1.82) is 0 Å². The van der Waals surface area contributed by atoms with Gasteiger partial charge in [-0.05, 0) is 51.4 Å². The third kappa shape index (κ3) is 6.86. The highest BCUT2D eigenvalue weighted by molar-refractivity contribution is 5.98. The second-order valence-corrected chi connectivity index (χ2v) is 6.96. The molecule has 1 saturated heterocycles. The summed E-state index contributed by atoms with van der Waals surface area (Å²) < 4.78 is 5.47. The molecule has 1 aromatic carbocycles. The maximum atomic E-state index is 12.3. The molecule has 2 rings (SSSR count). The fraction of sp³-hybridized carbons (Fsp3) is 0.619. The molecule has 1 heterocycles. The standard InChI is InChI=1S/C21H33N3O3/c1-3-5-13-24-14-9-8-10-17(24)15-22-20(25)16-23-21(26)18-11-6-7-12-19(18)27-4-2/h6-7,11-12,17H,3-5,8-10,13-16H2,1-2H3,(H,22,25)(H,23,26). The topological polar surface area (TPSA) is 70.7 Å². The number of carbonyl (C=O) groups excluding carboxylic acids is 2. The van der Waals surface area contributed by atoms with Crippen LogP contribution >= 0.6 is 0 Å². The van der Waals surface area contributed by atoms with Gasteiger partial charge in [0.2, 0.25) is 5.91 Å². The number of rotatable bonds is 10. The molecule has 1 atom stereocenters. The molecular formula is C21H33N3O3. The van der Waals surface area contributed by atoms with Gasteiger partial charge in [0.15, 0.2) is 0 Å². The molecular weight excluding hydrogens is 342 g/mol. The molecule has 27 heavy (non-hydrogen) atoms. The van der Waals surface area contributed by atoms with Crippen LogP contribution in [0.5, 0.6) is 5.75 Å². The van der Waals surface area contributed by atoms with Gasteiger partial charge in [-0.25, -0.2) is 0 Å². The first kappa shape index (κ1) is 21.2. The third-order valence-corrected chi connectivity index (χ3v) is 4.92. The summed E-state index contributed by atoms with van der Waals surface area (Å²) >= 11 is 0. The van der Waals surface area contributed by atoms with E-state index in [0.717, 1.165) is 19.5 Å². The number of hydrogen-bond donors (Lipinski definition) is 2. The molecule has 0 spiro atoms. The number of nitrogens with zero attached hydrogens (tertiary/aromatic N) is 1. The van der Waals surface area contributed by atoms with Crippen molar-refractivity contribution >= 4 is 11.8 Å². The van der Waals surface area contributed by atoms with Gasteiger partial charge in [-0.2, -0.15) is 0 Å². The van der Waals surface area contributed by atoms with Gasteiger partial charge in [0.1, 0.15) is 5.75 Å². The average Bonchev–Trinajstić information content (AvgIpc) is 2.70. The van der Waals surface area contributed by atoms with Gasteiger partial charge in [0.05, 0.1) is 18.7 Å². The molecule has 2 amide bonds. The van der Waals surface area contributed by atoms with E-state index in [9.17, 15) is 9.59 Å². The molecule has 0 aliphatic carbocycles. The Labute approximate surface area is 162 Å². The van der Waals surface area contributed by atoms with E-state index in [1.165, 1.54) is 25.7 Å². The normalized spacial score (nSPS) is 17.3. The molecule has 150 valence electrons. The van der Waals surface area contributed by atoms with Crippen molar-refractivity contribution in [2.24, 2.45) is 0 Å². The van der Waals surface area contributed by atoms with E-state index in [-0.39, 0.29) is 18.4 Å². The van der Waals surface area contributed by atoms with E-state index in [4.69, 9.17) is 4.74 Å². The predicted octanol–water partition coefficient (Wildman–Crippen LogP) is 2.59. The molecule has 1 aliphatic heterocycles. The maximum absolute atomic E-state index is 12.3. The first-order chi connectivity index (χ1) is 13.2. The minimum Gasteiger partial charge on any atom is -0.493 e. The van der Waals surface area contributed by atoms with E-state index in [2.05, 4.69) is 22.5 Å². The largest absolute Gasteiger partial charge is 0.493 e. The first-order valence-corrected chi connectivity index (χ1v) is 10.2. The number of benzene rings is 1. The fourth-order valence-corrected chi connectivity index (χ4v) is 3.43. The number of amides is 2. The van der Waals surface area contributed by atoms with Crippen molar-refractivity contribution in [3.05, 3.63) is 29.8 Å². The fourth-order valence-electron chi connectivity index (χ4n) is 3.43. The summed E-state index contributed by atoms with van der Waals surface area (Å²) in [6.07, 6.45) is 5.96. The first-order valence-electron chi connectivity index (χ1n) is 10.2. The summed E-state index contributed by atoms with van der Waals surface area (Å²) in [6, 6.07) is 7.47. The van der Waals surface area contributed by atoms with Gasteiger partial charge < -0.3 is 15.4 Å². The van der Waals surface area contributed by atoms with Gasteiger partial charge in [0.25, 0.3) is 5.91 Å². The maximum Gasteiger partial charge on any atom is 0.255 e. The number of likely N-dealkylation sites (tertiary alicyclic amines) is 1. The Morgan fingerprint density at radius 1 is 1.19 bits per heavy atom. The Balaban J connectivity index is 1.78. The third-order valence-electron chi connectivity index (χ3n) is 4.92. The van der Waals surface area contributed by atoms with Crippen LogP contribution in [-0.2, 0) is 4.79 Å². The van der Waals surface area contributed by atoms with Crippen LogP contribution in [0.15, 0.2) is 24.3 Å². The van der Waals surface area contributed by atoms with Crippen LogP contribution in [0, 0.1) is 0 Å². The highest BCUT2D eigenvalue weighted by Crippen LogP contribution is 2.18. The zero-order valence-corrected chi connectivity index (χ0v) is 16.6. The van der Waals surface area contributed by atoms with Crippen LogP contribution in [0.25, 0.3) is 0 Å². The van der Waals surface area contributed by atoms with Crippen LogP contribution in [-0.4, -0.2) is 55.5 Å². The van der Waals surface area contributed by atoms with Gasteiger partial charge in [-0.3, -0.25) is 14.5 Å². The highest BCUT2D eigenvalue weighted by atomic mass is 16.5. The predicted molar refractivity (Wildman–Crippen MR) is 107 cm³/mol. The van der Waals surface area contributed by atoms with Crippen LogP contribution in [0.3, 0.4) is 0 Å². The van der Waals surface area contributed by atoms with E-state index in [1.807, 2.05) is 13.0 Å². The smallest absolute Gasteiger partial charge is 0.255 e. The van der Waals surface area contributed by atoms with Crippen molar-refractivity contribution in [3.8, 4) is 5.75 Å². The quantitative estimate of drug-likeness (QED) is 0.659. The van der Waals surface area contributed by atoms with Crippen LogP contribution in [0.4, 0.5) is 0 Å². The number of unbranched alkanes of at least 4 members (excludes halogenated alkanes) is 1. The van der Waals surface area contributed by atoms with Crippen LogP contribution < -0.4 is 15.4 Å². The highest BCUT2D eigenvalue weighted by Gasteiger charge is 2.22. The summed E-state index contributed by atoms with van der Waals surface area (Å²) in [4.78, 5) is 27.0. The molecule has 1 fully saturated rings. The molecule has 2 N–H and O–H groups in total. The van der Waals surface area contributed by atoms with E-state index < -0.39 is 0 Å². The zero-order chi connectivity index (χ0) is 19.5. The summed E-state index contributed by atoms with van der Waals surface area (Å²) in [5.74, 6) is 0.0846. The Morgan fingerprint density at radius 2 is 2.00 bits per heavy atom. The second kappa shape index (κ2) is 11.6. The van der Waals surface area contributed by atoms with Crippen molar-refractivity contribution in [2.75, 3.05) is 32.8 Å². The lowest BCUT2D eigenvalue weighted by Crippen LogP contribution is -2.48. The number of nitrogens with one attached hydrogen (secondary N) is 2. The van der Waals surface area contributed by atoms with Gasteiger partial charge in [-0.1, -0.05) is 31.9 Å². The molecule has 0 aromatic heterocycles. The number of hydrogen-bond acceptors (Lipinski definition) is 4. The van der Waals surface area contributed by atoms with Crippen molar-refractivity contribution in [3.63, 3.8) is 0 Å². The minimum absolute atomic E-state index is 0.0268. The van der Waals surface area contributed by atoms with E-state index >= 15 is 0 Å². The number of para-hydroxylation sites is 1. The summed E-state index contributed by atoms with van der Waals surface area (Å²) in [5, 5.41) is 5.67. The molecule has 1 aliphatic rings. The number of carbonyl (C=O) groups is 2. The minimum atomic E-state index is -0.295. The van der Waals surface area contributed by atoms with Crippen LogP contribution in [0.2, 0.25) is 0 Å². The van der Waals surface area contributed by atoms with Gasteiger partial charge in [-0.15, -0.1) is 0 Å². The Kier molecular flexibility index (Phi) is 9.11. The number of ether oxygens (including phenoxy) is 1. The monoisotopic (exact) mass is 375 g/mol. The molecule has 6 nitrogen and oxygen atoms in total. The van der Waals surface area contributed by atoms with Crippen molar-refractivity contribution < 1.29 is 14.3 Å². The van der Waals surface area contributed by atoms with Crippen LogP contribution in [0.1, 0.15) is 56.3 Å². The van der Waals surface area contributed by atoms with Gasteiger partial charge in [0, 0.05) is 12.6 Å². The lowest BCUT2D eigenvalue weighted by atomic mass is 10.0. The van der Waals surface area contributed by atoms with Gasteiger partial charge >= 0.3 is 0 Å². The van der Waals surface area contributed by atoms with E-state index in [1.54, 1.807) is 18.2 Å². The number of piperidine rings is 1. The second-order valence-electron chi connectivity index (χ2n) is 6.96. The molecule has 1 aromatic rings. The Hall–Kier alpha value is -2.08. The lowest BCUT2D eigenvalue weighted by molar-refractivity contribution is -0.120. The molecule has 6 heteroatoms. The zero-order valence-electron chi connectivity index (χ0n) is 16.6. The average molecular weight is 376 g/mol. The summed E-state index contributed by atoms with van der Waals surface area (Å²) in [6.45, 7) is 7.40. The molecule has 0 bridgehead atoms. The van der Waals surface area contributed by atoms with Crippen molar-refractivity contribution in [1.82, 2.24) is 15.5 Å².